The van der Waals surface area contributed by atoms with Gasteiger partial charge in [-0.1, -0.05) is 12.8 Å². The topological polar surface area (TPSA) is 116 Å². The van der Waals surface area contributed by atoms with Crippen molar-refractivity contribution in [2.45, 2.75) is 50.4 Å². The zero-order chi connectivity index (χ0) is 14.3. The molecule has 0 radical (unpaired) electrons. The summed E-state index contributed by atoms with van der Waals surface area (Å²) < 4.78 is 0. The molecule has 0 amide bonds. The first-order valence-corrected chi connectivity index (χ1v) is 7.06. The summed E-state index contributed by atoms with van der Waals surface area (Å²) in [5.41, 5.74) is 4.96. The fourth-order valence-electron chi connectivity index (χ4n) is 2.76. The van der Waals surface area contributed by atoms with Crippen LogP contribution in [0.4, 0.5) is 0 Å². The zero-order valence-corrected chi connectivity index (χ0v) is 13.8. The molecule has 1 rings (SSSR count). The van der Waals surface area contributed by atoms with Gasteiger partial charge in [-0.05, 0) is 51.0 Å². The molecule has 0 bridgehead atoms. The standard InChI is InChI=1S/C12H25BN2O4.2ClH/c14-12(11(16)17,6-1-2-7-13(18)19)10-4-3-8-15-9-5-10;;/h10,15,18-19H,1-9,14H2,(H,16,17);2*1H. The molecule has 1 aliphatic rings. The van der Waals surface area contributed by atoms with Gasteiger partial charge in [-0.2, -0.15) is 0 Å². The van der Waals surface area contributed by atoms with E-state index in [9.17, 15) is 9.90 Å². The van der Waals surface area contributed by atoms with Crippen molar-refractivity contribution in [3.05, 3.63) is 0 Å². The predicted molar refractivity (Wildman–Crippen MR) is 88.1 cm³/mol. The maximum Gasteiger partial charge on any atom is 0.451 e. The van der Waals surface area contributed by atoms with Crippen molar-refractivity contribution < 1.29 is 19.9 Å². The highest BCUT2D eigenvalue weighted by Gasteiger charge is 2.41. The number of hydrogen-bond acceptors (Lipinski definition) is 5. The Bertz CT molecular complexity index is 292. The number of hydrogen-bond donors (Lipinski definition) is 5. The molecule has 1 heterocycles. The van der Waals surface area contributed by atoms with Crippen molar-refractivity contribution >= 4 is 37.9 Å². The van der Waals surface area contributed by atoms with Gasteiger partial charge in [0.2, 0.25) is 0 Å². The second kappa shape index (κ2) is 11.5. The average Bonchev–Trinajstić information content (AvgIpc) is 2.63. The first kappa shape index (κ1) is 23.2. The van der Waals surface area contributed by atoms with E-state index in [0.29, 0.717) is 19.3 Å². The molecule has 126 valence electrons. The number of unbranched alkanes of at least 4 members (excludes halogenated alkanes) is 1. The van der Waals surface area contributed by atoms with E-state index in [1.165, 1.54) is 0 Å². The number of nitrogens with one attached hydrogen (secondary N) is 1. The predicted octanol–water partition coefficient (Wildman–Crippen LogP) is 0.645. The van der Waals surface area contributed by atoms with Crippen LogP contribution in [0.1, 0.15) is 38.5 Å². The van der Waals surface area contributed by atoms with Crippen molar-refractivity contribution in [2.24, 2.45) is 11.7 Å². The number of carboxylic acids is 1. The first-order valence-electron chi connectivity index (χ1n) is 7.06. The molecular weight excluding hydrogens is 318 g/mol. The largest absolute Gasteiger partial charge is 0.480 e. The van der Waals surface area contributed by atoms with Gasteiger partial charge in [0.05, 0.1) is 0 Å². The molecule has 0 aromatic rings. The van der Waals surface area contributed by atoms with E-state index in [0.717, 1.165) is 32.4 Å². The van der Waals surface area contributed by atoms with Gasteiger partial charge in [-0.15, -0.1) is 24.8 Å². The van der Waals surface area contributed by atoms with Crippen molar-refractivity contribution in [3.63, 3.8) is 0 Å². The van der Waals surface area contributed by atoms with E-state index in [1.807, 2.05) is 0 Å². The smallest absolute Gasteiger partial charge is 0.451 e. The number of halogens is 2. The molecule has 2 unspecified atom stereocenters. The Morgan fingerprint density at radius 3 is 2.48 bits per heavy atom. The minimum Gasteiger partial charge on any atom is -0.480 e. The van der Waals surface area contributed by atoms with Crippen LogP contribution < -0.4 is 11.1 Å². The van der Waals surface area contributed by atoms with E-state index >= 15 is 0 Å². The number of aliphatic carboxylic acids is 1. The molecule has 0 aromatic carbocycles. The summed E-state index contributed by atoms with van der Waals surface area (Å²) in [6, 6.07) is 0. The second-order valence-corrected chi connectivity index (χ2v) is 5.45. The molecule has 0 spiro atoms. The third kappa shape index (κ3) is 7.67. The van der Waals surface area contributed by atoms with Crippen molar-refractivity contribution in [1.29, 1.82) is 0 Å². The third-order valence-corrected chi connectivity index (χ3v) is 4.01. The highest BCUT2D eigenvalue weighted by atomic mass is 35.5. The number of carboxylic acid groups (broad SMARTS) is 1. The molecule has 9 heteroatoms. The van der Waals surface area contributed by atoms with Crippen LogP contribution in [-0.4, -0.2) is 46.9 Å². The summed E-state index contributed by atoms with van der Waals surface area (Å²) in [6.07, 6.45) is 4.40. The van der Waals surface area contributed by atoms with Crippen LogP contribution in [-0.2, 0) is 4.79 Å². The molecule has 0 aliphatic carbocycles. The molecule has 0 aromatic heterocycles. The fraction of sp³-hybridized carbons (Fsp3) is 0.917. The highest BCUT2D eigenvalue weighted by Crippen LogP contribution is 2.30. The third-order valence-electron chi connectivity index (χ3n) is 4.01. The molecule has 6 nitrogen and oxygen atoms in total. The summed E-state index contributed by atoms with van der Waals surface area (Å²) in [6.45, 7) is 1.73. The molecule has 2 atom stereocenters. The van der Waals surface area contributed by atoms with Crippen LogP contribution in [0.15, 0.2) is 0 Å². The summed E-state index contributed by atoms with van der Waals surface area (Å²) >= 11 is 0. The Hall–Kier alpha value is -0.0451. The van der Waals surface area contributed by atoms with Crippen molar-refractivity contribution in [2.75, 3.05) is 13.1 Å². The minimum atomic E-state index is -1.32. The maximum absolute atomic E-state index is 11.5. The van der Waals surface area contributed by atoms with E-state index in [4.69, 9.17) is 15.8 Å². The second-order valence-electron chi connectivity index (χ2n) is 5.45. The summed E-state index contributed by atoms with van der Waals surface area (Å²) in [5.74, 6) is -0.956. The molecule has 6 N–H and O–H groups in total. The Balaban J connectivity index is 0. The molecule has 1 saturated heterocycles. The fourth-order valence-corrected chi connectivity index (χ4v) is 2.76. The normalized spacial score (nSPS) is 21.2. The van der Waals surface area contributed by atoms with Crippen molar-refractivity contribution in [1.82, 2.24) is 5.32 Å². The lowest BCUT2D eigenvalue weighted by molar-refractivity contribution is -0.146. The van der Waals surface area contributed by atoms with Gasteiger partial charge in [0.1, 0.15) is 5.54 Å². The molecule has 0 saturated carbocycles. The van der Waals surface area contributed by atoms with Crippen LogP contribution in [0.2, 0.25) is 6.32 Å². The Morgan fingerprint density at radius 1 is 1.24 bits per heavy atom. The summed E-state index contributed by atoms with van der Waals surface area (Å²) in [7, 11) is -1.32. The minimum absolute atomic E-state index is 0. The maximum atomic E-state index is 11.5. The number of rotatable bonds is 7. The summed E-state index contributed by atoms with van der Waals surface area (Å²) in [5, 5.41) is 30.2. The van der Waals surface area contributed by atoms with Crippen LogP contribution in [0, 0.1) is 5.92 Å². The van der Waals surface area contributed by atoms with Crippen molar-refractivity contribution in [3.8, 4) is 0 Å². The van der Waals surface area contributed by atoms with Gasteiger partial charge >= 0.3 is 13.1 Å². The van der Waals surface area contributed by atoms with Crippen LogP contribution in [0.5, 0.6) is 0 Å². The Kier molecular flexibility index (Phi) is 12.7. The molecule has 21 heavy (non-hydrogen) atoms. The molecule has 1 fully saturated rings. The lowest BCUT2D eigenvalue weighted by Crippen LogP contribution is -2.54. The van der Waals surface area contributed by atoms with Crippen LogP contribution in [0.3, 0.4) is 0 Å². The zero-order valence-electron chi connectivity index (χ0n) is 12.2. The van der Waals surface area contributed by atoms with E-state index in [1.54, 1.807) is 0 Å². The lowest BCUT2D eigenvalue weighted by Gasteiger charge is -2.33. The number of nitrogens with two attached hydrogens (primary N) is 1. The van der Waals surface area contributed by atoms with Gasteiger partial charge in [-0.3, -0.25) is 4.79 Å². The lowest BCUT2D eigenvalue weighted by atomic mass is 9.75. The Morgan fingerprint density at radius 2 is 1.90 bits per heavy atom. The molecular formula is C12H27BCl2N2O4. The van der Waals surface area contributed by atoms with Gasteiger partial charge < -0.3 is 26.2 Å². The van der Waals surface area contributed by atoms with Crippen LogP contribution in [0.25, 0.3) is 0 Å². The van der Waals surface area contributed by atoms with Gasteiger partial charge in [0.15, 0.2) is 0 Å². The van der Waals surface area contributed by atoms with E-state index < -0.39 is 18.6 Å². The van der Waals surface area contributed by atoms with E-state index in [-0.39, 0.29) is 37.1 Å². The van der Waals surface area contributed by atoms with Gasteiger partial charge in [-0.25, -0.2) is 0 Å². The van der Waals surface area contributed by atoms with Gasteiger partial charge in [0, 0.05) is 0 Å². The number of carbonyl (C=O) groups is 1. The SMILES string of the molecule is Cl.Cl.NC(CCCCB(O)O)(C(=O)O)C1CCCNCC1. The monoisotopic (exact) mass is 344 g/mol. The van der Waals surface area contributed by atoms with Crippen LogP contribution >= 0.6 is 24.8 Å². The van der Waals surface area contributed by atoms with Gasteiger partial charge in [0.25, 0.3) is 0 Å². The average molecular weight is 345 g/mol. The Labute approximate surface area is 138 Å². The first-order chi connectivity index (χ1) is 8.97. The summed E-state index contributed by atoms with van der Waals surface area (Å²) in [4.78, 5) is 11.5. The molecule has 1 aliphatic heterocycles. The quantitative estimate of drug-likeness (QED) is 0.342. The van der Waals surface area contributed by atoms with E-state index in [2.05, 4.69) is 5.32 Å². The highest BCUT2D eigenvalue weighted by molar-refractivity contribution is 6.40.